The van der Waals surface area contributed by atoms with Gasteiger partial charge in [-0.2, -0.15) is 0 Å². The summed E-state index contributed by atoms with van der Waals surface area (Å²) in [6, 6.07) is 3.63. The summed E-state index contributed by atoms with van der Waals surface area (Å²) in [5.74, 6) is -0.593. The summed E-state index contributed by atoms with van der Waals surface area (Å²) in [6.45, 7) is 1.50. The number of halogens is 2. The molecule has 1 N–H and O–H groups in total. The number of aromatic nitrogens is 1. The maximum absolute atomic E-state index is 13.1. The summed E-state index contributed by atoms with van der Waals surface area (Å²) in [7, 11) is 0. The van der Waals surface area contributed by atoms with Gasteiger partial charge in [-0.1, -0.05) is 0 Å². The van der Waals surface area contributed by atoms with Crippen LogP contribution in [0.3, 0.4) is 0 Å². The molecule has 1 aromatic carbocycles. The Morgan fingerprint density at radius 3 is 2.88 bits per heavy atom. The lowest BCUT2D eigenvalue weighted by atomic mass is 10.2. The van der Waals surface area contributed by atoms with Gasteiger partial charge in [0.05, 0.1) is 5.69 Å². The Balaban J connectivity index is 2.03. The molecule has 0 atom stereocenters. The topological polar surface area (TPSA) is 38.1 Å². The molecule has 5 heteroatoms. The molecule has 0 saturated carbocycles. The van der Waals surface area contributed by atoms with Gasteiger partial charge in [0.1, 0.15) is 5.76 Å². The van der Waals surface area contributed by atoms with Crippen LogP contribution in [-0.2, 0) is 13.0 Å². The third kappa shape index (κ3) is 1.82. The summed E-state index contributed by atoms with van der Waals surface area (Å²) < 4.78 is 31.4. The van der Waals surface area contributed by atoms with Crippen LogP contribution in [0.15, 0.2) is 22.6 Å². The van der Waals surface area contributed by atoms with Gasteiger partial charge < -0.3 is 9.73 Å². The van der Waals surface area contributed by atoms with Crippen molar-refractivity contribution in [3.63, 3.8) is 0 Å². The Morgan fingerprint density at radius 2 is 2.12 bits per heavy atom. The summed E-state index contributed by atoms with van der Waals surface area (Å²) in [5, 5.41) is 3.17. The van der Waals surface area contributed by atoms with E-state index in [4.69, 9.17) is 4.42 Å². The normalized spacial score (nSPS) is 14.7. The minimum absolute atomic E-state index is 0.345. The molecule has 17 heavy (non-hydrogen) atoms. The molecule has 1 aliphatic rings. The van der Waals surface area contributed by atoms with Crippen molar-refractivity contribution in [2.24, 2.45) is 0 Å². The van der Waals surface area contributed by atoms with Crippen molar-refractivity contribution in [3.8, 4) is 11.5 Å². The van der Waals surface area contributed by atoms with Gasteiger partial charge in [0.15, 0.2) is 11.6 Å². The molecule has 0 fully saturated rings. The first kappa shape index (κ1) is 10.4. The van der Waals surface area contributed by atoms with Crippen molar-refractivity contribution in [2.45, 2.75) is 13.0 Å². The van der Waals surface area contributed by atoms with Crippen molar-refractivity contribution in [1.82, 2.24) is 10.3 Å². The van der Waals surface area contributed by atoms with Gasteiger partial charge in [-0.3, -0.25) is 0 Å². The number of rotatable bonds is 1. The molecule has 0 unspecified atom stereocenters. The van der Waals surface area contributed by atoms with Crippen LogP contribution in [0.25, 0.3) is 11.5 Å². The fourth-order valence-corrected chi connectivity index (χ4v) is 1.88. The van der Waals surface area contributed by atoms with E-state index in [1.807, 2.05) is 0 Å². The maximum atomic E-state index is 13.1. The summed E-state index contributed by atoms with van der Waals surface area (Å²) >= 11 is 0. The van der Waals surface area contributed by atoms with Gasteiger partial charge in [0, 0.05) is 25.1 Å². The molecule has 0 bridgehead atoms. The minimum atomic E-state index is -0.892. The Morgan fingerprint density at radius 1 is 1.24 bits per heavy atom. The average molecular weight is 236 g/mol. The largest absolute Gasteiger partial charge is 0.441 e. The van der Waals surface area contributed by atoms with E-state index in [2.05, 4.69) is 10.3 Å². The van der Waals surface area contributed by atoms with E-state index in [-0.39, 0.29) is 0 Å². The van der Waals surface area contributed by atoms with E-state index in [1.165, 1.54) is 6.07 Å². The van der Waals surface area contributed by atoms with Gasteiger partial charge in [-0.05, 0) is 18.2 Å². The molecule has 0 spiro atoms. The van der Waals surface area contributed by atoms with Crippen LogP contribution in [0, 0.1) is 11.6 Å². The van der Waals surface area contributed by atoms with Gasteiger partial charge in [0.25, 0.3) is 0 Å². The maximum Gasteiger partial charge on any atom is 0.226 e. The Labute approximate surface area is 96.5 Å². The van der Waals surface area contributed by atoms with Crippen LogP contribution in [0.2, 0.25) is 0 Å². The van der Waals surface area contributed by atoms with E-state index in [9.17, 15) is 8.78 Å². The smallest absolute Gasteiger partial charge is 0.226 e. The second kappa shape index (κ2) is 3.92. The number of hydrogen-bond acceptors (Lipinski definition) is 3. The lowest BCUT2D eigenvalue weighted by Gasteiger charge is -2.08. The average Bonchev–Trinajstić information content (AvgIpc) is 2.76. The predicted molar refractivity (Wildman–Crippen MR) is 57.3 cm³/mol. The molecule has 0 saturated heterocycles. The van der Waals surface area contributed by atoms with Crippen molar-refractivity contribution in [2.75, 3.05) is 6.54 Å². The van der Waals surface area contributed by atoms with Gasteiger partial charge in [0.2, 0.25) is 5.89 Å². The monoisotopic (exact) mass is 236 g/mol. The fourth-order valence-electron chi connectivity index (χ4n) is 1.88. The molecule has 2 heterocycles. The zero-order valence-electron chi connectivity index (χ0n) is 8.96. The molecule has 1 aromatic heterocycles. The van der Waals surface area contributed by atoms with Crippen LogP contribution in [-0.4, -0.2) is 11.5 Å². The summed E-state index contributed by atoms with van der Waals surface area (Å²) in [4.78, 5) is 4.27. The van der Waals surface area contributed by atoms with E-state index in [1.54, 1.807) is 0 Å². The van der Waals surface area contributed by atoms with E-state index in [0.717, 1.165) is 36.6 Å². The lowest BCUT2D eigenvalue weighted by molar-refractivity contribution is 0.481. The molecule has 1 aliphatic heterocycles. The highest BCUT2D eigenvalue weighted by molar-refractivity contribution is 5.53. The van der Waals surface area contributed by atoms with Crippen molar-refractivity contribution < 1.29 is 13.2 Å². The molecule has 88 valence electrons. The zero-order chi connectivity index (χ0) is 11.8. The number of benzene rings is 1. The van der Waals surface area contributed by atoms with Crippen LogP contribution in [0.4, 0.5) is 8.78 Å². The highest BCUT2D eigenvalue weighted by Crippen LogP contribution is 2.25. The fraction of sp³-hybridized carbons (Fsp3) is 0.250. The lowest BCUT2D eigenvalue weighted by Crippen LogP contribution is -2.22. The molecule has 3 nitrogen and oxygen atoms in total. The minimum Gasteiger partial charge on any atom is -0.441 e. The van der Waals surface area contributed by atoms with Gasteiger partial charge in [-0.15, -0.1) is 0 Å². The molecular formula is C12H10F2N2O. The van der Waals surface area contributed by atoms with Crippen LogP contribution < -0.4 is 5.32 Å². The molecule has 0 aliphatic carbocycles. The standard InChI is InChI=1S/C12H10F2N2O/c13-8-2-1-7(5-9(8)14)12-16-10-6-15-4-3-11(10)17-12/h1-2,5,15H,3-4,6H2. The third-order valence-corrected chi connectivity index (χ3v) is 2.77. The number of oxazole rings is 1. The molecule has 0 radical (unpaired) electrons. The number of fused-ring (bicyclic) bond motifs is 1. The number of hydrogen-bond donors (Lipinski definition) is 1. The van der Waals surface area contributed by atoms with Crippen LogP contribution in [0.1, 0.15) is 11.5 Å². The molecule has 0 amide bonds. The summed E-state index contributed by atoms with van der Waals surface area (Å²) in [6.07, 6.45) is 0.770. The van der Waals surface area contributed by atoms with Crippen LogP contribution >= 0.6 is 0 Å². The quantitative estimate of drug-likeness (QED) is 0.825. The van der Waals surface area contributed by atoms with Gasteiger partial charge in [-0.25, -0.2) is 13.8 Å². The zero-order valence-corrected chi connectivity index (χ0v) is 8.96. The second-order valence-electron chi connectivity index (χ2n) is 3.94. The number of nitrogens with one attached hydrogen (secondary N) is 1. The highest BCUT2D eigenvalue weighted by atomic mass is 19.2. The van der Waals surface area contributed by atoms with Crippen molar-refractivity contribution in [3.05, 3.63) is 41.3 Å². The Hall–Kier alpha value is -1.75. The van der Waals surface area contributed by atoms with Gasteiger partial charge >= 0.3 is 0 Å². The van der Waals surface area contributed by atoms with Crippen molar-refractivity contribution >= 4 is 0 Å². The third-order valence-electron chi connectivity index (χ3n) is 2.77. The van der Waals surface area contributed by atoms with E-state index >= 15 is 0 Å². The van der Waals surface area contributed by atoms with E-state index < -0.39 is 11.6 Å². The van der Waals surface area contributed by atoms with Crippen LogP contribution in [0.5, 0.6) is 0 Å². The predicted octanol–water partition coefficient (Wildman–Crippen LogP) is 2.27. The molecule has 2 aromatic rings. The first-order valence-corrected chi connectivity index (χ1v) is 5.39. The number of nitrogens with zero attached hydrogens (tertiary/aromatic N) is 1. The Bertz CT molecular complexity index is 542. The second-order valence-corrected chi connectivity index (χ2v) is 3.94. The summed E-state index contributed by atoms with van der Waals surface area (Å²) in [5.41, 5.74) is 1.30. The SMILES string of the molecule is Fc1ccc(-c2nc3c(o2)CCNC3)cc1F. The van der Waals surface area contributed by atoms with E-state index in [0.29, 0.717) is 18.0 Å². The Kier molecular flexibility index (Phi) is 2.40. The first-order valence-electron chi connectivity index (χ1n) is 5.39. The highest BCUT2D eigenvalue weighted by Gasteiger charge is 2.18. The molecular weight excluding hydrogens is 226 g/mol. The van der Waals surface area contributed by atoms with Crippen molar-refractivity contribution in [1.29, 1.82) is 0 Å². The first-order chi connectivity index (χ1) is 8.24. The molecule has 3 rings (SSSR count).